The quantitative estimate of drug-likeness (QED) is 0.511. The Morgan fingerprint density at radius 2 is 1.97 bits per heavy atom. The lowest BCUT2D eigenvalue weighted by Crippen LogP contribution is -2.49. The third-order valence-electron chi connectivity index (χ3n) is 5.25. The fourth-order valence-corrected chi connectivity index (χ4v) is 6.16. The summed E-state index contributed by atoms with van der Waals surface area (Å²) in [5, 5.41) is 10.2. The van der Waals surface area contributed by atoms with E-state index in [0.717, 1.165) is 33.2 Å². The Bertz CT molecular complexity index is 1130. The van der Waals surface area contributed by atoms with Gasteiger partial charge in [-0.1, -0.05) is 6.07 Å². The van der Waals surface area contributed by atoms with Gasteiger partial charge in [0.05, 0.1) is 9.77 Å². The van der Waals surface area contributed by atoms with Gasteiger partial charge >= 0.3 is 0 Å². The van der Waals surface area contributed by atoms with Crippen molar-refractivity contribution >= 4 is 39.6 Å². The number of benzene rings is 2. The third-order valence-corrected chi connectivity index (χ3v) is 7.84. The minimum atomic E-state index is -1.35. The summed E-state index contributed by atoms with van der Waals surface area (Å²) in [6.45, 7) is 5.75. The summed E-state index contributed by atoms with van der Waals surface area (Å²) in [5.74, 6) is -0.157. The van der Waals surface area contributed by atoms with Gasteiger partial charge in [-0.15, -0.1) is 11.3 Å². The van der Waals surface area contributed by atoms with Gasteiger partial charge in [0.1, 0.15) is 16.0 Å². The Hall–Kier alpha value is -2.59. The number of piperazine rings is 1. The first-order chi connectivity index (χ1) is 15.4. The molecule has 0 aliphatic carbocycles. The molecule has 0 saturated carbocycles. The highest BCUT2D eigenvalue weighted by Crippen LogP contribution is 2.37. The van der Waals surface area contributed by atoms with Crippen LogP contribution in [0.15, 0.2) is 53.6 Å². The van der Waals surface area contributed by atoms with E-state index < -0.39 is 11.0 Å². The number of aromatic nitrogens is 1. The molecular weight excluding hydrogens is 442 g/mol. The second kappa shape index (κ2) is 9.91. The van der Waals surface area contributed by atoms with Crippen molar-refractivity contribution < 1.29 is 9.00 Å². The Kier molecular flexibility index (Phi) is 7.00. The fourth-order valence-electron chi connectivity index (χ4n) is 3.65. The third kappa shape index (κ3) is 5.07. The van der Waals surface area contributed by atoms with Gasteiger partial charge in [-0.25, -0.2) is 13.5 Å². The van der Waals surface area contributed by atoms with Crippen molar-refractivity contribution in [3.05, 3.63) is 48.7 Å². The number of carbonyl (C=O) groups is 1. The van der Waals surface area contributed by atoms with Crippen LogP contribution in [0.4, 0.5) is 11.4 Å². The smallest absolute Gasteiger partial charge is 0.221 e. The molecule has 0 radical (unpaired) electrons. The van der Waals surface area contributed by atoms with Gasteiger partial charge < -0.3 is 16.0 Å². The maximum Gasteiger partial charge on any atom is 0.221 e. The highest BCUT2D eigenvalue weighted by atomic mass is 32.2. The summed E-state index contributed by atoms with van der Waals surface area (Å²) in [6.07, 6.45) is 1.83. The summed E-state index contributed by atoms with van der Waals surface area (Å²) in [6, 6.07) is 14.0. The predicted molar refractivity (Wildman–Crippen MR) is 132 cm³/mol. The lowest BCUT2D eigenvalue weighted by atomic mass is 10.2. The molecule has 2 aromatic carbocycles. The van der Waals surface area contributed by atoms with E-state index in [1.807, 2.05) is 60.0 Å². The van der Waals surface area contributed by atoms with Gasteiger partial charge in [-0.3, -0.25) is 4.79 Å². The molecule has 7 nitrogen and oxygen atoms in total. The Morgan fingerprint density at radius 3 is 2.66 bits per heavy atom. The van der Waals surface area contributed by atoms with Crippen LogP contribution in [0, 0.1) is 0 Å². The maximum absolute atomic E-state index is 13.6. The van der Waals surface area contributed by atoms with E-state index in [-0.39, 0.29) is 11.9 Å². The number of nitrogens with one attached hydrogen (secondary N) is 3. The van der Waals surface area contributed by atoms with Crippen LogP contribution >= 0.6 is 11.3 Å². The standard InChI is InChI=1S/C23H27N5O2S2/c1-15-14-28(11-10-25-15)32(30)22-12-19(27-16(2)29)8-9-20(22)21-13-26-23(31-21)17-4-6-18(24-3)7-5-17/h4-9,12-13,15,24-25H,10-11,14H2,1-3H3,(H,27,29). The minimum absolute atomic E-state index is 0.157. The molecule has 1 aliphatic heterocycles. The summed E-state index contributed by atoms with van der Waals surface area (Å²) >= 11 is 1.57. The molecule has 0 spiro atoms. The Labute approximate surface area is 194 Å². The molecule has 1 saturated heterocycles. The molecule has 0 bridgehead atoms. The van der Waals surface area contributed by atoms with Gasteiger partial charge in [0.15, 0.2) is 0 Å². The van der Waals surface area contributed by atoms with E-state index >= 15 is 0 Å². The average molecular weight is 470 g/mol. The molecule has 9 heteroatoms. The predicted octanol–water partition coefficient (Wildman–Crippen LogP) is 3.79. The second-order valence-corrected chi connectivity index (χ2v) is 10.2. The van der Waals surface area contributed by atoms with E-state index in [1.165, 1.54) is 6.92 Å². The number of amides is 1. The van der Waals surface area contributed by atoms with Gasteiger partial charge in [0, 0.05) is 68.3 Å². The zero-order valence-electron chi connectivity index (χ0n) is 18.3. The summed E-state index contributed by atoms with van der Waals surface area (Å²) in [5.41, 5.74) is 3.59. The van der Waals surface area contributed by atoms with Gasteiger partial charge in [-0.2, -0.15) is 0 Å². The molecular formula is C23H27N5O2S2. The first-order valence-corrected chi connectivity index (χ1v) is 12.4. The number of nitrogens with zero attached hydrogens (tertiary/aromatic N) is 2. The molecule has 1 fully saturated rings. The van der Waals surface area contributed by atoms with Crippen molar-refractivity contribution in [2.24, 2.45) is 0 Å². The highest BCUT2D eigenvalue weighted by Gasteiger charge is 2.25. The molecule has 1 aliphatic rings. The van der Waals surface area contributed by atoms with Gasteiger partial charge in [0.2, 0.25) is 5.91 Å². The number of hydrogen-bond acceptors (Lipinski definition) is 6. The van der Waals surface area contributed by atoms with Crippen LogP contribution in [-0.4, -0.2) is 52.1 Å². The van der Waals surface area contributed by atoms with Crippen molar-refractivity contribution in [1.82, 2.24) is 14.6 Å². The first kappa shape index (κ1) is 22.6. The lowest BCUT2D eigenvalue weighted by molar-refractivity contribution is -0.114. The van der Waals surface area contributed by atoms with Gasteiger partial charge in [0.25, 0.3) is 0 Å². The first-order valence-electron chi connectivity index (χ1n) is 10.5. The zero-order valence-corrected chi connectivity index (χ0v) is 20.0. The summed E-state index contributed by atoms with van der Waals surface area (Å²) < 4.78 is 15.6. The number of carbonyl (C=O) groups excluding carboxylic acids is 1. The van der Waals surface area contributed by atoms with Crippen LogP contribution in [0.2, 0.25) is 0 Å². The van der Waals surface area contributed by atoms with Crippen LogP contribution in [0.25, 0.3) is 21.0 Å². The molecule has 3 aromatic rings. The van der Waals surface area contributed by atoms with Crippen molar-refractivity contribution in [2.75, 3.05) is 37.3 Å². The molecule has 168 valence electrons. The lowest BCUT2D eigenvalue weighted by Gasteiger charge is -2.31. The molecule has 2 heterocycles. The topological polar surface area (TPSA) is 86.4 Å². The number of hydrogen-bond donors (Lipinski definition) is 3. The van der Waals surface area contributed by atoms with E-state index in [0.29, 0.717) is 23.7 Å². The van der Waals surface area contributed by atoms with Crippen molar-refractivity contribution in [2.45, 2.75) is 24.8 Å². The molecule has 2 unspecified atom stereocenters. The van der Waals surface area contributed by atoms with E-state index in [4.69, 9.17) is 0 Å². The van der Waals surface area contributed by atoms with Crippen molar-refractivity contribution in [1.29, 1.82) is 0 Å². The second-order valence-electron chi connectivity index (χ2n) is 7.74. The maximum atomic E-state index is 13.6. The average Bonchev–Trinajstić information content (AvgIpc) is 3.28. The molecule has 3 N–H and O–H groups in total. The van der Waals surface area contributed by atoms with Crippen LogP contribution in [0.3, 0.4) is 0 Å². The molecule has 2 atom stereocenters. The zero-order chi connectivity index (χ0) is 22.7. The van der Waals surface area contributed by atoms with Crippen LogP contribution in [0.1, 0.15) is 13.8 Å². The van der Waals surface area contributed by atoms with Crippen molar-refractivity contribution in [3.8, 4) is 21.0 Å². The summed E-state index contributed by atoms with van der Waals surface area (Å²) in [7, 11) is 0.536. The normalized spacial score (nSPS) is 17.7. The van der Waals surface area contributed by atoms with E-state index in [2.05, 4.69) is 27.9 Å². The SMILES string of the molecule is CNc1ccc(-c2ncc(-c3ccc(NC(C)=O)cc3S(=O)N3CCNC(C)C3)s2)cc1. The monoisotopic (exact) mass is 469 g/mol. The minimum Gasteiger partial charge on any atom is -0.388 e. The number of anilines is 2. The van der Waals surface area contributed by atoms with Crippen LogP contribution < -0.4 is 16.0 Å². The van der Waals surface area contributed by atoms with Crippen molar-refractivity contribution in [3.63, 3.8) is 0 Å². The molecule has 1 aromatic heterocycles. The number of thiazole rings is 1. The molecule has 4 rings (SSSR count). The largest absolute Gasteiger partial charge is 0.388 e. The van der Waals surface area contributed by atoms with E-state index in [1.54, 1.807) is 11.3 Å². The number of rotatable bonds is 6. The van der Waals surface area contributed by atoms with E-state index in [9.17, 15) is 9.00 Å². The van der Waals surface area contributed by atoms with Crippen LogP contribution in [-0.2, 0) is 15.8 Å². The molecule has 32 heavy (non-hydrogen) atoms. The Balaban J connectivity index is 1.70. The van der Waals surface area contributed by atoms with Crippen LogP contribution in [0.5, 0.6) is 0 Å². The summed E-state index contributed by atoms with van der Waals surface area (Å²) in [4.78, 5) is 17.8. The van der Waals surface area contributed by atoms with Gasteiger partial charge in [-0.05, 0) is 43.3 Å². The fraction of sp³-hybridized carbons (Fsp3) is 0.304. The highest BCUT2D eigenvalue weighted by molar-refractivity contribution is 7.82. The molecule has 1 amide bonds. The Morgan fingerprint density at radius 1 is 1.22 bits per heavy atom.